The molecule has 0 radical (unpaired) electrons. The summed E-state index contributed by atoms with van der Waals surface area (Å²) in [5, 5.41) is 9.31. The molecule has 3 fully saturated rings. The van der Waals surface area contributed by atoms with Gasteiger partial charge in [-0.1, -0.05) is 48.9 Å². The predicted octanol–water partition coefficient (Wildman–Crippen LogP) is 5.35. The second-order valence-corrected chi connectivity index (χ2v) is 16.1. The van der Waals surface area contributed by atoms with Gasteiger partial charge in [-0.05, 0) is 64.2 Å². The molecule has 0 aliphatic carbocycles. The van der Waals surface area contributed by atoms with Gasteiger partial charge in [-0.2, -0.15) is 0 Å². The minimum atomic E-state index is -0.712. The Morgan fingerprint density at radius 1 is 1.18 bits per heavy atom. The standard InChI is InChI=1S/C31H49BrN2O5S/c1-8-10-11-14-18-39-28(38)22-23-26(36)33(16-12-13-17-35)25(31(23)19-21(32)24(22)40-31)27(37)34(15-9-2)30(6,7)20-29(3,4)5/h8-9,21-25,35H,1-2,10-20H2,3-7H3/t21?,22-,23-,24-,25?,31?/m0/s1. The Hall–Kier alpha value is -1.32. The summed E-state index contributed by atoms with van der Waals surface area (Å²) < 4.78 is 5.02. The van der Waals surface area contributed by atoms with Gasteiger partial charge in [-0.3, -0.25) is 14.4 Å². The number of carbonyl (C=O) groups is 3. The van der Waals surface area contributed by atoms with Crippen LogP contribution in [0.25, 0.3) is 0 Å². The SMILES string of the molecule is C=CCCCCOC(=O)[C@H]1[C@H]2C(=O)N(CCCCO)C(C(=O)N(CC=C)C(C)(C)CC(C)(C)C)C23CC(Br)[C@@H]1S3. The number of halogens is 1. The van der Waals surface area contributed by atoms with Gasteiger partial charge < -0.3 is 19.6 Å². The van der Waals surface area contributed by atoms with Crippen LogP contribution in [0, 0.1) is 17.3 Å². The quantitative estimate of drug-likeness (QED) is 0.112. The van der Waals surface area contributed by atoms with E-state index >= 15 is 0 Å². The van der Waals surface area contributed by atoms with Gasteiger partial charge in [0.2, 0.25) is 11.8 Å². The summed E-state index contributed by atoms with van der Waals surface area (Å²) >= 11 is 5.46. The van der Waals surface area contributed by atoms with Gasteiger partial charge >= 0.3 is 5.97 Å². The predicted molar refractivity (Wildman–Crippen MR) is 165 cm³/mol. The molecule has 3 rings (SSSR count). The van der Waals surface area contributed by atoms with E-state index in [4.69, 9.17) is 4.74 Å². The van der Waals surface area contributed by atoms with Crippen LogP contribution in [0.5, 0.6) is 0 Å². The molecule has 7 nitrogen and oxygen atoms in total. The minimum absolute atomic E-state index is 0.00278. The number of aliphatic hydroxyl groups excluding tert-OH is 1. The number of likely N-dealkylation sites (tertiary alicyclic amines) is 1. The van der Waals surface area contributed by atoms with Crippen molar-refractivity contribution in [2.45, 2.75) is 106 Å². The highest BCUT2D eigenvalue weighted by atomic mass is 79.9. The number of amides is 2. The Morgan fingerprint density at radius 3 is 2.48 bits per heavy atom. The molecule has 226 valence electrons. The second-order valence-electron chi connectivity index (χ2n) is 13.4. The van der Waals surface area contributed by atoms with E-state index in [0.717, 1.165) is 25.7 Å². The molecule has 0 saturated carbocycles. The maximum atomic E-state index is 14.7. The minimum Gasteiger partial charge on any atom is -0.465 e. The van der Waals surface area contributed by atoms with E-state index < -0.39 is 28.2 Å². The third kappa shape index (κ3) is 6.67. The summed E-state index contributed by atoms with van der Waals surface area (Å²) in [4.78, 5) is 46.0. The molecule has 0 aromatic heterocycles. The monoisotopic (exact) mass is 640 g/mol. The lowest BCUT2D eigenvalue weighted by atomic mass is 9.70. The number of allylic oxidation sites excluding steroid dienone is 1. The zero-order valence-electron chi connectivity index (χ0n) is 25.0. The average molecular weight is 642 g/mol. The van der Waals surface area contributed by atoms with Crippen molar-refractivity contribution in [3.8, 4) is 0 Å². The lowest BCUT2D eigenvalue weighted by Crippen LogP contribution is -2.60. The van der Waals surface area contributed by atoms with Crippen molar-refractivity contribution >= 4 is 45.5 Å². The molecule has 6 atom stereocenters. The maximum absolute atomic E-state index is 14.7. The second kappa shape index (κ2) is 13.3. The third-order valence-corrected chi connectivity index (χ3v) is 11.6. The molecule has 1 spiro atoms. The zero-order chi connectivity index (χ0) is 29.9. The fraction of sp³-hybridized carbons (Fsp3) is 0.774. The molecular formula is C31H49BrN2O5S. The number of esters is 1. The van der Waals surface area contributed by atoms with Crippen molar-refractivity contribution in [2.75, 3.05) is 26.3 Å². The van der Waals surface area contributed by atoms with Crippen LogP contribution >= 0.6 is 27.7 Å². The average Bonchev–Trinajstić information content (AvgIpc) is 3.44. The Bertz CT molecular complexity index is 966. The number of unbranched alkanes of at least 4 members (excludes halogenated alkanes) is 3. The molecule has 3 heterocycles. The molecule has 3 unspecified atom stereocenters. The van der Waals surface area contributed by atoms with Gasteiger partial charge in [0.25, 0.3) is 0 Å². The van der Waals surface area contributed by atoms with Crippen LogP contribution in [-0.2, 0) is 19.1 Å². The molecule has 3 aliphatic heterocycles. The topological polar surface area (TPSA) is 87.1 Å². The fourth-order valence-corrected chi connectivity index (χ4v) is 10.9. The highest BCUT2D eigenvalue weighted by molar-refractivity contribution is 9.09. The van der Waals surface area contributed by atoms with Crippen molar-refractivity contribution < 1.29 is 24.2 Å². The first-order valence-electron chi connectivity index (χ1n) is 14.7. The number of hydrogen-bond donors (Lipinski definition) is 1. The van der Waals surface area contributed by atoms with E-state index in [1.165, 1.54) is 0 Å². The van der Waals surface area contributed by atoms with Gasteiger partial charge in [0.1, 0.15) is 6.04 Å². The number of hydrogen-bond acceptors (Lipinski definition) is 6. The van der Waals surface area contributed by atoms with Crippen LogP contribution in [-0.4, -0.2) is 85.4 Å². The Morgan fingerprint density at radius 2 is 1.88 bits per heavy atom. The highest BCUT2D eigenvalue weighted by Crippen LogP contribution is 2.68. The van der Waals surface area contributed by atoms with Crippen molar-refractivity contribution in [1.82, 2.24) is 9.80 Å². The lowest BCUT2D eigenvalue weighted by Gasteiger charge is -2.46. The highest BCUT2D eigenvalue weighted by Gasteiger charge is 2.76. The van der Waals surface area contributed by atoms with E-state index in [2.05, 4.69) is 63.7 Å². The summed E-state index contributed by atoms with van der Waals surface area (Å²) in [6, 6.07) is -0.691. The number of nitrogens with zero attached hydrogens (tertiary/aromatic N) is 2. The van der Waals surface area contributed by atoms with Gasteiger partial charge in [-0.25, -0.2) is 0 Å². The van der Waals surface area contributed by atoms with E-state index in [1.807, 2.05) is 11.0 Å². The summed E-state index contributed by atoms with van der Waals surface area (Å²) in [5.74, 6) is -1.74. The van der Waals surface area contributed by atoms with Crippen LogP contribution in [0.1, 0.15) is 79.6 Å². The first kappa shape index (κ1) is 33.2. The molecule has 40 heavy (non-hydrogen) atoms. The van der Waals surface area contributed by atoms with E-state index in [9.17, 15) is 19.5 Å². The Kier molecular flexibility index (Phi) is 11.1. The lowest BCUT2D eigenvalue weighted by molar-refractivity contribution is -0.154. The number of carbonyl (C=O) groups excluding carboxylic acids is 3. The van der Waals surface area contributed by atoms with Crippen molar-refractivity contribution in [1.29, 1.82) is 0 Å². The fourth-order valence-electron chi connectivity index (χ4n) is 7.28. The number of thioether (sulfide) groups is 1. The number of alkyl halides is 1. The molecule has 1 N–H and O–H groups in total. The molecule has 2 bridgehead atoms. The normalized spacial score (nSPS) is 29.4. The Labute approximate surface area is 253 Å². The number of rotatable bonds is 15. The molecule has 2 amide bonds. The van der Waals surface area contributed by atoms with E-state index in [-0.39, 0.29) is 39.9 Å². The molecule has 3 saturated heterocycles. The van der Waals surface area contributed by atoms with Crippen molar-refractivity contribution in [2.24, 2.45) is 17.3 Å². The summed E-state index contributed by atoms with van der Waals surface area (Å²) in [6.07, 6.45) is 8.66. The summed E-state index contributed by atoms with van der Waals surface area (Å²) in [7, 11) is 0. The van der Waals surface area contributed by atoms with Gasteiger partial charge in [0, 0.05) is 35.3 Å². The molecular weight excluding hydrogens is 592 g/mol. The molecule has 3 aliphatic rings. The maximum Gasteiger partial charge on any atom is 0.310 e. The van der Waals surface area contributed by atoms with Gasteiger partial charge in [-0.15, -0.1) is 24.9 Å². The zero-order valence-corrected chi connectivity index (χ0v) is 27.4. The summed E-state index contributed by atoms with van der Waals surface area (Å²) in [5.41, 5.74) is -0.491. The van der Waals surface area contributed by atoms with Crippen LogP contribution in [0.15, 0.2) is 25.3 Å². The molecule has 9 heteroatoms. The largest absolute Gasteiger partial charge is 0.465 e. The van der Waals surface area contributed by atoms with E-state index in [0.29, 0.717) is 39.0 Å². The van der Waals surface area contributed by atoms with Crippen LogP contribution in [0.4, 0.5) is 0 Å². The van der Waals surface area contributed by atoms with E-state index in [1.54, 1.807) is 22.7 Å². The smallest absolute Gasteiger partial charge is 0.310 e. The third-order valence-electron chi connectivity index (χ3n) is 8.42. The van der Waals surface area contributed by atoms with Crippen molar-refractivity contribution in [3.63, 3.8) is 0 Å². The summed E-state index contributed by atoms with van der Waals surface area (Å²) in [6.45, 7) is 19.4. The Balaban J connectivity index is 1.99. The number of fused-ring (bicyclic) bond motifs is 1. The van der Waals surface area contributed by atoms with Crippen LogP contribution in [0.2, 0.25) is 0 Å². The number of ether oxygens (including phenoxy) is 1. The first-order chi connectivity index (χ1) is 18.8. The van der Waals surface area contributed by atoms with Crippen molar-refractivity contribution in [3.05, 3.63) is 25.3 Å². The van der Waals surface area contributed by atoms with Crippen LogP contribution in [0.3, 0.4) is 0 Å². The molecule has 0 aromatic rings. The number of aliphatic hydroxyl groups is 1. The molecule has 0 aromatic carbocycles. The van der Waals surface area contributed by atoms with Gasteiger partial charge in [0.05, 0.1) is 23.2 Å². The van der Waals surface area contributed by atoms with Gasteiger partial charge in [0.15, 0.2) is 0 Å². The first-order valence-corrected chi connectivity index (χ1v) is 16.5. The van der Waals surface area contributed by atoms with Crippen LogP contribution < -0.4 is 0 Å².